The highest BCUT2D eigenvalue weighted by Crippen LogP contribution is 2.33. The molecule has 2 nitrogen and oxygen atoms in total. The van der Waals surface area contributed by atoms with Crippen LogP contribution in [0.2, 0.25) is 0 Å². The van der Waals surface area contributed by atoms with Crippen LogP contribution < -0.4 is 4.74 Å². The number of ether oxygens (including phenoxy) is 1. The number of carbonyl (C=O) groups is 1. The predicted octanol–water partition coefficient (Wildman–Crippen LogP) is 7.25. The SMILES string of the molecule is CCCCCCCCCc1ccc(OC(=O)C(Cl)CC(Cl)(Cl)Cl)cc1. The van der Waals surface area contributed by atoms with Crippen LogP contribution in [0.1, 0.15) is 63.9 Å². The number of unbranched alkanes of at least 4 members (excludes halogenated alkanes) is 6. The maximum atomic E-state index is 11.9. The van der Waals surface area contributed by atoms with Crippen molar-refractivity contribution in [3.05, 3.63) is 29.8 Å². The fourth-order valence-corrected chi connectivity index (χ4v) is 3.45. The Morgan fingerprint density at radius 3 is 2.12 bits per heavy atom. The van der Waals surface area contributed by atoms with E-state index >= 15 is 0 Å². The first-order chi connectivity index (χ1) is 11.8. The van der Waals surface area contributed by atoms with Crippen LogP contribution in [0.3, 0.4) is 0 Å². The number of alkyl halides is 4. The molecule has 0 radical (unpaired) electrons. The zero-order chi connectivity index (χ0) is 18.7. The number of benzene rings is 1. The summed E-state index contributed by atoms with van der Waals surface area (Å²) in [6.07, 6.45) is 9.96. The van der Waals surface area contributed by atoms with Crippen LogP contribution in [-0.2, 0) is 11.2 Å². The molecule has 0 fully saturated rings. The van der Waals surface area contributed by atoms with Gasteiger partial charge in [-0.2, -0.15) is 0 Å². The molecule has 0 aliphatic heterocycles. The summed E-state index contributed by atoms with van der Waals surface area (Å²) in [6.45, 7) is 2.23. The largest absolute Gasteiger partial charge is 0.425 e. The van der Waals surface area contributed by atoms with Crippen LogP contribution in [0.25, 0.3) is 0 Å². The standard InChI is InChI=1S/C19H26Cl4O2/c1-2-3-4-5-6-7-8-9-15-10-12-16(13-11-15)25-18(24)17(20)14-19(21,22)23/h10-13,17H,2-9,14H2,1H3. The minimum Gasteiger partial charge on any atom is -0.425 e. The van der Waals surface area contributed by atoms with E-state index in [1.54, 1.807) is 12.1 Å². The molecule has 25 heavy (non-hydrogen) atoms. The van der Waals surface area contributed by atoms with Crippen molar-refractivity contribution in [1.82, 2.24) is 0 Å². The summed E-state index contributed by atoms with van der Waals surface area (Å²) in [5, 5.41) is -1.00. The summed E-state index contributed by atoms with van der Waals surface area (Å²) >= 11 is 22.8. The molecule has 1 atom stereocenters. The summed E-state index contributed by atoms with van der Waals surface area (Å²) in [7, 11) is 0. The van der Waals surface area contributed by atoms with Gasteiger partial charge in [-0.25, -0.2) is 0 Å². The van der Waals surface area contributed by atoms with Crippen molar-refractivity contribution in [2.75, 3.05) is 0 Å². The van der Waals surface area contributed by atoms with Crippen molar-refractivity contribution in [2.24, 2.45) is 0 Å². The summed E-state index contributed by atoms with van der Waals surface area (Å²) in [5.74, 6) is -0.170. The van der Waals surface area contributed by atoms with Crippen LogP contribution in [0.5, 0.6) is 5.75 Å². The highest BCUT2D eigenvalue weighted by molar-refractivity contribution is 6.67. The van der Waals surface area contributed by atoms with Gasteiger partial charge in [-0.3, -0.25) is 4.79 Å². The highest BCUT2D eigenvalue weighted by atomic mass is 35.6. The third-order valence-corrected chi connectivity index (χ3v) is 4.67. The smallest absolute Gasteiger partial charge is 0.329 e. The van der Waals surface area contributed by atoms with E-state index in [0.717, 1.165) is 6.42 Å². The van der Waals surface area contributed by atoms with E-state index in [2.05, 4.69) is 6.92 Å². The molecule has 0 saturated carbocycles. The molecule has 0 N–H and O–H groups in total. The number of hydrogen-bond donors (Lipinski definition) is 0. The van der Waals surface area contributed by atoms with Gasteiger partial charge in [0.25, 0.3) is 0 Å². The fourth-order valence-electron chi connectivity index (χ4n) is 2.48. The van der Waals surface area contributed by atoms with Crippen LogP contribution >= 0.6 is 46.4 Å². The minimum atomic E-state index is -1.58. The minimum absolute atomic E-state index is 0.103. The molecule has 0 heterocycles. The van der Waals surface area contributed by atoms with E-state index in [1.807, 2.05) is 12.1 Å². The van der Waals surface area contributed by atoms with Gasteiger partial charge in [-0.15, -0.1) is 11.6 Å². The number of carbonyl (C=O) groups excluding carboxylic acids is 1. The van der Waals surface area contributed by atoms with Gasteiger partial charge >= 0.3 is 5.97 Å². The molecule has 142 valence electrons. The molecule has 1 aromatic rings. The molecule has 0 amide bonds. The Kier molecular flexibility index (Phi) is 11.2. The Hall–Kier alpha value is -0.150. The Bertz CT molecular complexity index is 497. The second kappa shape index (κ2) is 12.3. The van der Waals surface area contributed by atoms with E-state index in [0.29, 0.717) is 5.75 Å². The molecule has 0 aliphatic rings. The van der Waals surface area contributed by atoms with E-state index < -0.39 is 15.1 Å². The van der Waals surface area contributed by atoms with Crippen LogP contribution in [0.15, 0.2) is 24.3 Å². The Labute approximate surface area is 171 Å². The molecule has 1 aromatic carbocycles. The zero-order valence-corrected chi connectivity index (χ0v) is 17.6. The normalized spacial score (nSPS) is 12.8. The number of aryl methyl sites for hydroxylation is 1. The number of esters is 1. The van der Waals surface area contributed by atoms with Gasteiger partial charge in [0.05, 0.1) is 0 Å². The van der Waals surface area contributed by atoms with Crippen LogP contribution in [0.4, 0.5) is 0 Å². The number of rotatable bonds is 11. The Morgan fingerprint density at radius 2 is 1.56 bits per heavy atom. The van der Waals surface area contributed by atoms with E-state index in [-0.39, 0.29) is 6.42 Å². The zero-order valence-electron chi connectivity index (χ0n) is 14.6. The van der Waals surface area contributed by atoms with Gasteiger partial charge in [-0.1, -0.05) is 92.4 Å². The number of halogens is 4. The van der Waals surface area contributed by atoms with Gasteiger partial charge in [0, 0.05) is 6.42 Å². The molecule has 1 unspecified atom stereocenters. The van der Waals surface area contributed by atoms with E-state index in [4.69, 9.17) is 51.1 Å². The quantitative estimate of drug-likeness (QED) is 0.161. The van der Waals surface area contributed by atoms with Crippen molar-refractivity contribution in [3.8, 4) is 5.75 Å². The summed E-state index contributed by atoms with van der Waals surface area (Å²) in [6, 6.07) is 7.48. The van der Waals surface area contributed by atoms with E-state index in [9.17, 15) is 4.79 Å². The lowest BCUT2D eigenvalue weighted by Gasteiger charge is -2.14. The summed E-state index contributed by atoms with van der Waals surface area (Å²) in [4.78, 5) is 11.9. The first-order valence-corrected chi connectivity index (χ1v) is 10.4. The van der Waals surface area contributed by atoms with E-state index in [1.165, 1.54) is 50.5 Å². The second-order valence-corrected chi connectivity index (χ2v) is 9.27. The Morgan fingerprint density at radius 1 is 1.00 bits per heavy atom. The van der Waals surface area contributed by atoms with Gasteiger partial charge in [0.1, 0.15) is 11.1 Å². The van der Waals surface area contributed by atoms with Crippen LogP contribution in [-0.4, -0.2) is 15.1 Å². The summed E-state index contributed by atoms with van der Waals surface area (Å²) in [5.41, 5.74) is 1.23. The van der Waals surface area contributed by atoms with Gasteiger partial charge in [-0.05, 0) is 30.5 Å². The molecule has 0 spiro atoms. The van der Waals surface area contributed by atoms with Crippen molar-refractivity contribution in [1.29, 1.82) is 0 Å². The third kappa shape index (κ3) is 11.2. The first-order valence-electron chi connectivity index (χ1n) is 8.83. The van der Waals surface area contributed by atoms with Crippen molar-refractivity contribution < 1.29 is 9.53 Å². The molecule has 1 rings (SSSR count). The van der Waals surface area contributed by atoms with Crippen molar-refractivity contribution >= 4 is 52.4 Å². The predicted molar refractivity (Wildman–Crippen MR) is 108 cm³/mol. The molecule has 0 bridgehead atoms. The molecular weight excluding hydrogens is 402 g/mol. The number of hydrogen-bond acceptors (Lipinski definition) is 2. The lowest BCUT2D eigenvalue weighted by Crippen LogP contribution is -2.25. The van der Waals surface area contributed by atoms with Gasteiger partial charge in [0.15, 0.2) is 3.79 Å². The summed E-state index contributed by atoms with van der Waals surface area (Å²) < 4.78 is 3.63. The molecule has 0 aromatic heterocycles. The van der Waals surface area contributed by atoms with Crippen molar-refractivity contribution in [2.45, 2.75) is 73.9 Å². The maximum absolute atomic E-state index is 11.9. The van der Waals surface area contributed by atoms with Gasteiger partial charge in [0.2, 0.25) is 0 Å². The highest BCUT2D eigenvalue weighted by Gasteiger charge is 2.29. The Balaban J connectivity index is 2.30. The topological polar surface area (TPSA) is 26.3 Å². The lowest BCUT2D eigenvalue weighted by atomic mass is 10.0. The maximum Gasteiger partial charge on any atom is 0.329 e. The fraction of sp³-hybridized carbons (Fsp3) is 0.632. The average Bonchev–Trinajstić information content (AvgIpc) is 2.54. The lowest BCUT2D eigenvalue weighted by molar-refractivity contribution is -0.134. The average molecular weight is 428 g/mol. The van der Waals surface area contributed by atoms with Crippen molar-refractivity contribution in [3.63, 3.8) is 0 Å². The molecule has 0 aliphatic carbocycles. The molecular formula is C19H26Cl4O2. The first kappa shape index (κ1) is 22.9. The van der Waals surface area contributed by atoms with Crippen LogP contribution in [0, 0.1) is 0 Å². The molecule has 6 heteroatoms. The second-order valence-electron chi connectivity index (χ2n) is 6.22. The monoisotopic (exact) mass is 426 g/mol. The van der Waals surface area contributed by atoms with Gasteiger partial charge < -0.3 is 4.74 Å². The third-order valence-electron chi connectivity index (χ3n) is 3.88. The molecule has 0 saturated heterocycles.